The van der Waals surface area contributed by atoms with E-state index in [-0.39, 0.29) is 13.2 Å². The van der Waals surface area contributed by atoms with Gasteiger partial charge in [0.25, 0.3) is 0 Å². The van der Waals surface area contributed by atoms with Crippen LogP contribution in [0.4, 0.5) is 0 Å². The molecule has 0 aromatic carbocycles. The van der Waals surface area contributed by atoms with Crippen LogP contribution in [0.5, 0.6) is 0 Å². The second kappa shape index (κ2) is 6.07. The lowest BCUT2D eigenvalue weighted by Gasteiger charge is -2.08. The molecule has 3 N–H and O–H groups in total. The minimum Gasteiger partial charge on any atom is -0.394 e. The van der Waals surface area contributed by atoms with Crippen molar-refractivity contribution in [3.63, 3.8) is 0 Å². The van der Waals surface area contributed by atoms with Gasteiger partial charge >= 0.3 is 0 Å². The molecular weight excluding hydrogens is 214 g/mol. The Kier molecular flexibility index (Phi) is 5.04. The van der Waals surface area contributed by atoms with E-state index in [2.05, 4.69) is 4.98 Å². The van der Waals surface area contributed by atoms with Gasteiger partial charge in [0.2, 0.25) is 0 Å². The molecule has 0 radical (unpaired) electrons. The summed E-state index contributed by atoms with van der Waals surface area (Å²) in [7, 11) is 0. The standard InChI is InChI=1S/C10H15NO3S/c1-7-2-8(4-12)3-11-10(7)15-6-9(14)5-13/h2-3,9,12-14H,4-6H2,1H3. The molecule has 1 rings (SSSR count). The predicted octanol–water partition coefficient (Wildman–Crippen LogP) is 0.328. The van der Waals surface area contributed by atoms with Crippen molar-refractivity contribution in [2.45, 2.75) is 24.7 Å². The molecule has 0 aliphatic carbocycles. The first-order chi connectivity index (χ1) is 7.17. The summed E-state index contributed by atoms with van der Waals surface area (Å²) in [4.78, 5) is 4.17. The van der Waals surface area contributed by atoms with Crippen LogP contribution in [-0.4, -0.2) is 38.8 Å². The molecule has 0 aliphatic rings. The third-order valence-electron chi connectivity index (χ3n) is 1.89. The summed E-state index contributed by atoms with van der Waals surface area (Å²) in [5.74, 6) is 0.419. The number of nitrogens with zero attached hydrogens (tertiary/aromatic N) is 1. The van der Waals surface area contributed by atoms with Gasteiger partial charge in [0, 0.05) is 11.9 Å². The smallest absolute Gasteiger partial charge is 0.0990 e. The van der Waals surface area contributed by atoms with E-state index in [1.54, 1.807) is 6.20 Å². The summed E-state index contributed by atoms with van der Waals surface area (Å²) >= 11 is 1.40. The van der Waals surface area contributed by atoms with Crippen LogP contribution in [0.2, 0.25) is 0 Å². The van der Waals surface area contributed by atoms with Crippen molar-refractivity contribution < 1.29 is 15.3 Å². The Morgan fingerprint density at radius 2 is 2.20 bits per heavy atom. The molecule has 1 heterocycles. The maximum atomic E-state index is 9.17. The lowest BCUT2D eigenvalue weighted by molar-refractivity contribution is 0.113. The number of hydrogen-bond donors (Lipinski definition) is 3. The molecule has 0 spiro atoms. The van der Waals surface area contributed by atoms with Crippen LogP contribution in [0.3, 0.4) is 0 Å². The Hall–Kier alpha value is -0.620. The summed E-state index contributed by atoms with van der Waals surface area (Å²) in [5, 5.41) is 27.5. The Balaban J connectivity index is 2.62. The van der Waals surface area contributed by atoms with Gasteiger partial charge in [0.15, 0.2) is 0 Å². The van der Waals surface area contributed by atoms with Crippen LogP contribution >= 0.6 is 11.8 Å². The Morgan fingerprint density at radius 3 is 2.73 bits per heavy atom. The van der Waals surface area contributed by atoms with Gasteiger partial charge in [-0.25, -0.2) is 4.98 Å². The number of hydrogen-bond acceptors (Lipinski definition) is 5. The molecule has 0 fully saturated rings. The normalized spacial score (nSPS) is 12.8. The van der Waals surface area contributed by atoms with Gasteiger partial charge in [-0.2, -0.15) is 0 Å². The number of aliphatic hydroxyl groups is 3. The summed E-state index contributed by atoms with van der Waals surface area (Å²) < 4.78 is 0. The second-order valence-electron chi connectivity index (χ2n) is 3.27. The SMILES string of the molecule is Cc1cc(CO)cnc1SCC(O)CO. The lowest BCUT2D eigenvalue weighted by Crippen LogP contribution is -2.14. The lowest BCUT2D eigenvalue weighted by atomic mass is 10.2. The summed E-state index contributed by atoms with van der Waals surface area (Å²) in [6.45, 7) is 1.65. The molecule has 84 valence electrons. The van der Waals surface area contributed by atoms with Gasteiger partial charge < -0.3 is 15.3 Å². The highest BCUT2D eigenvalue weighted by Crippen LogP contribution is 2.21. The summed E-state index contributed by atoms with van der Waals surface area (Å²) in [5.41, 5.74) is 1.75. The van der Waals surface area contributed by atoms with E-state index in [4.69, 9.17) is 10.2 Å². The fourth-order valence-electron chi connectivity index (χ4n) is 1.09. The van der Waals surface area contributed by atoms with Crippen LogP contribution in [0.25, 0.3) is 0 Å². The maximum absolute atomic E-state index is 9.17. The van der Waals surface area contributed by atoms with Gasteiger partial charge in [0.05, 0.1) is 24.3 Å². The van der Waals surface area contributed by atoms with Gasteiger partial charge in [-0.15, -0.1) is 11.8 Å². The quantitative estimate of drug-likeness (QED) is 0.634. The van der Waals surface area contributed by atoms with E-state index in [9.17, 15) is 5.11 Å². The van der Waals surface area contributed by atoms with Crippen molar-refractivity contribution in [2.75, 3.05) is 12.4 Å². The zero-order valence-electron chi connectivity index (χ0n) is 8.55. The van der Waals surface area contributed by atoms with Crippen LogP contribution in [0, 0.1) is 6.92 Å². The molecule has 0 bridgehead atoms. The Labute approximate surface area is 93.0 Å². The average molecular weight is 229 g/mol. The Bertz CT molecular complexity index is 320. The second-order valence-corrected chi connectivity index (χ2v) is 4.28. The molecule has 4 nitrogen and oxygen atoms in total. The highest BCUT2D eigenvalue weighted by atomic mass is 32.2. The highest BCUT2D eigenvalue weighted by Gasteiger charge is 2.06. The number of aromatic nitrogens is 1. The van der Waals surface area contributed by atoms with Gasteiger partial charge in [0.1, 0.15) is 0 Å². The highest BCUT2D eigenvalue weighted by molar-refractivity contribution is 7.99. The molecule has 0 aliphatic heterocycles. The van der Waals surface area contributed by atoms with Gasteiger partial charge in [-0.05, 0) is 24.1 Å². The Morgan fingerprint density at radius 1 is 1.47 bits per heavy atom. The van der Waals surface area contributed by atoms with E-state index >= 15 is 0 Å². The third-order valence-corrected chi connectivity index (χ3v) is 3.14. The number of rotatable bonds is 5. The third kappa shape index (κ3) is 3.79. The predicted molar refractivity (Wildman–Crippen MR) is 58.7 cm³/mol. The fraction of sp³-hybridized carbons (Fsp3) is 0.500. The minimum absolute atomic E-state index is 0.0158. The molecule has 1 atom stereocenters. The molecule has 1 aromatic rings. The van der Waals surface area contributed by atoms with Crippen molar-refractivity contribution in [2.24, 2.45) is 0 Å². The molecule has 5 heteroatoms. The van der Waals surface area contributed by atoms with Crippen LogP contribution in [-0.2, 0) is 6.61 Å². The first-order valence-corrected chi connectivity index (χ1v) is 5.64. The number of pyridine rings is 1. The summed E-state index contributed by atoms with van der Waals surface area (Å²) in [6.07, 6.45) is 0.898. The first kappa shape index (κ1) is 12.4. The maximum Gasteiger partial charge on any atom is 0.0990 e. The number of thioether (sulfide) groups is 1. The van der Waals surface area contributed by atoms with E-state index in [0.29, 0.717) is 5.75 Å². The van der Waals surface area contributed by atoms with Crippen molar-refractivity contribution in [3.8, 4) is 0 Å². The zero-order chi connectivity index (χ0) is 11.3. The van der Waals surface area contributed by atoms with Crippen molar-refractivity contribution in [1.29, 1.82) is 0 Å². The molecule has 0 saturated heterocycles. The molecule has 0 saturated carbocycles. The number of aliphatic hydroxyl groups excluding tert-OH is 3. The average Bonchev–Trinajstić information content (AvgIpc) is 2.26. The minimum atomic E-state index is -0.714. The van der Waals surface area contributed by atoms with Crippen LogP contribution in [0.1, 0.15) is 11.1 Å². The van der Waals surface area contributed by atoms with E-state index in [1.165, 1.54) is 11.8 Å². The van der Waals surface area contributed by atoms with E-state index in [0.717, 1.165) is 16.2 Å². The zero-order valence-corrected chi connectivity index (χ0v) is 9.37. The van der Waals surface area contributed by atoms with Crippen molar-refractivity contribution in [1.82, 2.24) is 4.98 Å². The largest absolute Gasteiger partial charge is 0.394 e. The van der Waals surface area contributed by atoms with Crippen LogP contribution in [0.15, 0.2) is 17.3 Å². The fourth-order valence-corrected chi connectivity index (χ4v) is 1.96. The van der Waals surface area contributed by atoms with Gasteiger partial charge in [-0.3, -0.25) is 0 Å². The molecular formula is C10H15NO3S. The van der Waals surface area contributed by atoms with Crippen molar-refractivity contribution in [3.05, 3.63) is 23.4 Å². The van der Waals surface area contributed by atoms with E-state index < -0.39 is 6.10 Å². The number of aryl methyl sites for hydroxylation is 1. The monoisotopic (exact) mass is 229 g/mol. The topological polar surface area (TPSA) is 73.6 Å². The first-order valence-electron chi connectivity index (χ1n) is 4.65. The van der Waals surface area contributed by atoms with E-state index in [1.807, 2.05) is 13.0 Å². The van der Waals surface area contributed by atoms with Crippen molar-refractivity contribution >= 4 is 11.8 Å². The summed E-state index contributed by atoms with van der Waals surface area (Å²) in [6, 6.07) is 1.86. The molecule has 1 aromatic heterocycles. The van der Waals surface area contributed by atoms with Crippen LogP contribution < -0.4 is 0 Å². The van der Waals surface area contributed by atoms with Gasteiger partial charge in [-0.1, -0.05) is 0 Å². The molecule has 0 amide bonds. The molecule has 15 heavy (non-hydrogen) atoms. The molecule has 1 unspecified atom stereocenters.